The monoisotopic (exact) mass is 257 g/mol. The minimum atomic E-state index is -2.21. The lowest BCUT2D eigenvalue weighted by atomic mass is 9.49. The number of amides is 1. The molecular formula is C12H19NO3S. The van der Waals surface area contributed by atoms with Crippen LogP contribution in [-0.2, 0) is 16.1 Å². The predicted molar refractivity (Wildman–Crippen MR) is 64.1 cm³/mol. The summed E-state index contributed by atoms with van der Waals surface area (Å²) in [6.07, 6.45) is 7.98. The van der Waals surface area contributed by atoms with Crippen molar-refractivity contribution in [3.05, 3.63) is 0 Å². The molecule has 1 unspecified atom stereocenters. The van der Waals surface area contributed by atoms with E-state index in [1.807, 2.05) is 0 Å². The number of carbonyl (C=O) groups excluding carboxylic acids is 1. The third kappa shape index (κ3) is 2.27. The van der Waals surface area contributed by atoms with Gasteiger partial charge < -0.3 is 0 Å². The van der Waals surface area contributed by atoms with Crippen LogP contribution in [0.15, 0.2) is 0 Å². The number of nitrogens with one attached hydrogen (secondary N) is 1. The largest absolute Gasteiger partial charge is 0.289 e. The van der Waals surface area contributed by atoms with Gasteiger partial charge in [-0.25, -0.2) is 4.21 Å². The van der Waals surface area contributed by atoms with Crippen molar-refractivity contribution in [2.75, 3.05) is 0 Å². The van der Waals surface area contributed by atoms with Gasteiger partial charge in [0.25, 0.3) is 11.3 Å². The first kappa shape index (κ1) is 11.7. The highest BCUT2D eigenvalue weighted by Gasteiger charge is 2.51. The number of hydrogen-bond acceptors (Lipinski definition) is 2. The molecule has 17 heavy (non-hydrogen) atoms. The van der Waals surface area contributed by atoms with Crippen molar-refractivity contribution in [3.63, 3.8) is 0 Å². The van der Waals surface area contributed by atoms with Crippen molar-refractivity contribution in [2.45, 2.75) is 44.9 Å². The molecule has 5 heteroatoms. The van der Waals surface area contributed by atoms with Crippen LogP contribution in [0.4, 0.5) is 0 Å². The number of hydrogen-bond donors (Lipinski definition) is 2. The van der Waals surface area contributed by atoms with E-state index in [0.29, 0.717) is 6.42 Å². The van der Waals surface area contributed by atoms with Crippen LogP contribution >= 0.6 is 0 Å². The summed E-state index contributed by atoms with van der Waals surface area (Å²) in [6, 6.07) is 0. The Bertz CT molecular complexity index is 333. The minimum Gasteiger partial charge on any atom is -0.289 e. The fourth-order valence-corrected chi connectivity index (χ4v) is 5.25. The standard InChI is InChI=1S/C12H19NO3S/c14-11(13-17(15)16)7-12-4-8-1-9(5-12)3-10(2-8)6-12/h8-10H,1-7H2,(H,13,14)(H,15,16). The molecule has 0 aromatic rings. The summed E-state index contributed by atoms with van der Waals surface area (Å²) < 4.78 is 21.4. The molecule has 0 spiro atoms. The van der Waals surface area contributed by atoms with E-state index in [9.17, 15) is 9.00 Å². The van der Waals surface area contributed by atoms with Gasteiger partial charge in [-0.15, -0.1) is 0 Å². The fourth-order valence-electron chi connectivity index (χ4n) is 4.98. The normalized spacial score (nSPS) is 44.6. The van der Waals surface area contributed by atoms with Gasteiger partial charge in [-0.05, 0) is 61.7 Å². The summed E-state index contributed by atoms with van der Waals surface area (Å²) in [5.74, 6) is 2.18. The highest BCUT2D eigenvalue weighted by atomic mass is 32.2. The van der Waals surface area contributed by atoms with Crippen LogP contribution in [0.3, 0.4) is 0 Å². The average Bonchev–Trinajstić information content (AvgIpc) is 2.11. The maximum Gasteiger partial charge on any atom is 0.261 e. The highest BCUT2D eigenvalue weighted by Crippen LogP contribution is 2.61. The van der Waals surface area contributed by atoms with E-state index in [1.54, 1.807) is 0 Å². The second-order valence-electron chi connectivity index (χ2n) is 6.37. The zero-order valence-corrected chi connectivity index (χ0v) is 10.7. The van der Waals surface area contributed by atoms with E-state index in [-0.39, 0.29) is 11.3 Å². The Morgan fingerprint density at radius 1 is 1.18 bits per heavy atom. The lowest BCUT2D eigenvalue weighted by Gasteiger charge is -2.56. The maximum absolute atomic E-state index is 11.7. The summed E-state index contributed by atoms with van der Waals surface area (Å²) in [6.45, 7) is 0. The molecule has 4 rings (SSSR count). The minimum absolute atomic E-state index is 0.151. The second kappa shape index (κ2) is 4.05. The molecule has 0 radical (unpaired) electrons. The molecule has 2 N–H and O–H groups in total. The quantitative estimate of drug-likeness (QED) is 0.758. The Kier molecular flexibility index (Phi) is 2.78. The summed E-state index contributed by atoms with van der Waals surface area (Å²) in [4.78, 5) is 11.7. The van der Waals surface area contributed by atoms with Crippen molar-refractivity contribution in [1.82, 2.24) is 4.72 Å². The number of rotatable bonds is 3. The fraction of sp³-hybridized carbons (Fsp3) is 0.917. The zero-order valence-electron chi connectivity index (χ0n) is 9.85. The van der Waals surface area contributed by atoms with Crippen LogP contribution < -0.4 is 4.72 Å². The van der Waals surface area contributed by atoms with Crippen molar-refractivity contribution < 1.29 is 13.6 Å². The molecule has 4 nitrogen and oxygen atoms in total. The first-order valence-electron chi connectivity index (χ1n) is 6.45. The van der Waals surface area contributed by atoms with Gasteiger partial charge in [0.05, 0.1) is 0 Å². The smallest absolute Gasteiger partial charge is 0.261 e. The van der Waals surface area contributed by atoms with Crippen LogP contribution in [0.2, 0.25) is 0 Å². The summed E-state index contributed by atoms with van der Waals surface area (Å²) in [5, 5.41) is 0. The van der Waals surface area contributed by atoms with Gasteiger partial charge in [0.1, 0.15) is 0 Å². The van der Waals surface area contributed by atoms with Crippen molar-refractivity contribution >= 4 is 17.2 Å². The van der Waals surface area contributed by atoms with E-state index in [2.05, 4.69) is 4.72 Å². The lowest BCUT2D eigenvalue weighted by Crippen LogP contribution is -2.48. The first-order valence-corrected chi connectivity index (χ1v) is 7.56. The molecule has 0 aliphatic heterocycles. The molecular weight excluding hydrogens is 238 g/mol. The molecule has 0 aromatic carbocycles. The topological polar surface area (TPSA) is 66.4 Å². The van der Waals surface area contributed by atoms with Gasteiger partial charge in [0.2, 0.25) is 5.91 Å². The third-order valence-corrected chi connectivity index (χ3v) is 5.30. The summed E-state index contributed by atoms with van der Waals surface area (Å²) in [5.41, 5.74) is 0.151. The molecule has 96 valence electrons. The second-order valence-corrected chi connectivity index (χ2v) is 7.07. The van der Waals surface area contributed by atoms with E-state index in [4.69, 9.17) is 4.55 Å². The molecule has 1 atom stereocenters. The SMILES string of the molecule is O=C(CC12CC3CC(CC(C3)C1)C2)NS(=O)O. The van der Waals surface area contributed by atoms with Gasteiger partial charge >= 0.3 is 0 Å². The first-order chi connectivity index (χ1) is 8.05. The average molecular weight is 257 g/mol. The van der Waals surface area contributed by atoms with E-state index in [1.165, 1.54) is 19.3 Å². The summed E-state index contributed by atoms with van der Waals surface area (Å²) >= 11 is -2.21. The Balaban J connectivity index is 1.70. The Hall–Kier alpha value is -0.420. The maximum atomic E-state index is 11.7. The molecule has 4 saturated carbocycles. The molecule has 4 aliphatic rings. The number of carbonyl (C=O) groups is 1. The van der Waals surface area contributed by atoms with E-state index < -0.39 is 11.3 Å². The van der Waals surface area contributed by atoms with Crippen LogP contribution in [0, 0.1) is 23.2 Å². The van der Waals surface area contributed by atoms with Crippen molar-refractivity contribution in [3.8, 4) is 0 Å². The third-order valence-electron chi connectivity index (χ3n) is 4.90. The van der Waals surface area contributed by atoms with Crippen molar-refractivity contribution in [2.24, 2.45) is 23.2 Å². The van der Waals surface area contributed by atoms with Gasteiger partial charge in [0.15, 0.2) is 0 Å². The molecule has 4 fully saturated rings. The van der Waals surface area contributed by atoms with Crippen LogP contribution in [-0.4, -0.2) is 14.7 Å². The Labute approximate surface area is 104 Å². The van der Waals surface area contributed by atoms with Crippen LogP contribution in [0.1, 0.15) is 44.9 Å². The van der Waals surface area contributed by atoms with E-state index >= 15 is 0 Å². The van der Waals surface area contributed by atoms with Crippen LogP contribution in [0.5, 0.6) is 0 Å². The Morgan fingerprint density at radius 3 is 2.06 bits per heavy atom. The molecule has 4 aliphatic carbocycles. The van der Waals surface area contributed by atoms with Gasteiger partial charge in [0, 0.05) is 6.42 Å². The Morgan fingerprint density at radius 2 is 1.65 bits per heavy atom. The lowest BCUT2D eigenvalue weighted by molar-refractivity contribution is -0.127. The molecule has 4 bridgehead atoms. The zero-order chi connectivity index (χ0) is 12.0. The molecule has 0 aromatic heterocycles. The molecule has 0 heterocycles. The molecule has 1 amide bonds. The van der Waals surface area contributed by atoms with Gasteiger partial charge in [-0.1, -0.05) is 0 Å². The molecule has 0 saturated heterocycles. The van der Waals surface area contributed by atoms with Gasteiger partial charge in [-0.2, -0.15) is 0 Å². The predicted octanol–water partition coefficient (Wildman–Crippen LogP) is 1.85. The van der Waals surface area contributed by atoms with Crippen LogP contribution in [0.25, 0.3) is 0 Å². The van der Waals surface area contributed by atoms with Crippen molar-refractivity contribution in [1.29, 1.82) is 0 Å². The van der Waals surface area contributed by atoms with E-state index in [0.717, 1.165) is 37.0 Å². The van der Waals surface area contributed by atoms with Gasteiger partial charge in [-0.3, -0.25) is 14.1 Å². The highest BCUT2D eigenvalue weighted by molar-refractivity contribution is 7.77. The summed E-state index contributed by atoms with van der Waals surface area (Å²) in [7, 11) is 0.